The van der Waals surface area contributed by atoms with Crippen LogP contribution >= 0.6 is 0 Å². The van der Waals surface area contributed by atoms with Gasteiger partial charge in [0, 0.05) is 29.7 Å². The molecule has 7 aromatic rings. The lowest BCUT2D eigenvalue weighted by Crippen LogP contribution is -1.90. The summed E-state index contributed by atoms with van der Waals surface area (Å²) < 4.78 is 0. The lowest BCUT2D eigenvalue weighted by Gasteiger charge is -2.16. The van der Waals surface area contributed by atoms with Crippen molar-refractivity contribution in [2.75, 3.05) is 0 Å². The quantitative estimate of drug-likeness (QED) is 0.262. The zero-order valence-corrected chi connectivity index (χ0v) is 18.4. The Labute approximate surface area is 197 Å². The van der Waals surface area contributed by atoms with Crippen LogP contribution in [0.25, 0.3) is 65.8 Å². The first-order chi connectivity index (χ1) is 16.9. The first-order valence-electron chi connectivity index (χ1n) is 11.5. The van der Waals surface area contributed by atoms with E-state index in [0.29, 0.717) is 0 Å². The summed E-state index contributed by atoms with van der Waals surface area (Å²) in [6, 6.07) is 36.9. The van der Waals surface area contributed by atoms with E-state index < -0.39 is 0 Å². The van der Waals surface area contributed by atoms with Gasteiger partial charge in [0.25, 0.3) is 0 Å². The van der Waals surface area contributed by atoms with Crippen LogP contribution in [0.5, 0.6) is 0 Å². The Morgan fingerprint density at radius 1 is 0.471 bits per heavy atom. The SMILES string of the molecule is c1ccc(-c2ccc3ccc4ccc(-c5cccc(-c6cccnc6)c5)c5ccc2c3c45)nc1. The number of nitrogens with zero attached hydrogens (tertiary/aromatic N) is 2. The monoisotopic (exact) mass is 432 g/mol. The summed E-state index contributed by atoms with van der Waals surface area (Å²) in [5.74, 6) is 0. The van der Waals surface area contributed by atoms with E-state index in [9.17, 15) is 0 Å². The summed E-state index contributed by atoms with van der Waals surface area (Å²) in [6.45, 7) is 0. The Morgan fingerprint density at radius 2 is 1.18 bits per heavy atom. The van der Waals surface area contributed by atoms with Crippen LogP contribution in [0.2, 0.25) is 0 Å². The van der Waals surface area contributed by atoms with Gasteiger partial charge in [-0.1, -0.05) is 78.9 Å². The van der Waals surface area contributed by atoms with Crippen molar-refractivity contribution in [2.45, 2.75) is 0 Å². The van der Waals surface area contributed by atoms with Crippen LogP contribution < -0.4 is 0 Å². The van der Waals surface area contributed by atoms with Gasteiger partial charge in [-0.25, -0.2) is 0 Å². The average molecular weight is 433 g/mol. The molecule has 0 saturated carbocycles. The van der Waals surface area contributed by atoms with E-state index in [1.807, 2.05) is 36.8 Å². The van der Waals surface area contributed by atoms with Gasteiger partial charge in [-0.15, -0.1) is 0 Å². The molecule has 0 bridgehead atoms. The van der Waals surface area contributed by atoms with Gasteiger partial charge >= 0.3 is 0 Å². The molecule has 2 aromatic heterocycles. The van der Waals surface area contributed by atoms with Crippen molar-refractivity contribution < 1.29 is 0 Å². The van der Waals surface area contributed by atoms with Crippen molar-refractivity contribution in [1.82, 2.24) is 9.97 Å². The maximum absolute atomic E-state index is 4.63. The number of benzene rings is 5. The fraction of sp³-hybridized carbons (Fsp3) is 0. The predicted molar refractivity (Wildman–Crippen MR) is 142 cm³/mol. The van der Waals surface area contributed by atoms with Crippen molar-refractivity contribution in [3.8, 4) is 33.5 Å². The number of aromatic nitrogens is 2. The molecule has 0 atom stereocenters. The highest BCUT2D eigenvalue weighted by Crippen LogP contribution is 2.42. The molecular formula is C32H20N2. The lowest BCUT2D eigenvalue weighted by atomic mass is 9.87. The zero-order chi connectivity index (χ0) is 22.5. The van der Waals surface area contributed by atoms with Crippen LogP contribution in [-0.4, -0.2) is 9.97 Å². The maximum atomic E-state index is 4.63. The predicted octanol–water partition coefficient (Wildman–Crippen LogP) is 8.38. The third-order valence-electron chi connectivity index (χ3n) is 6.77. The largest absolute Gasteiger partial charge is 0.264 e. The van der Waals surface area contributed by atoms with Crippen LogP contribution in [0.1, 0.15) is 0 Å². The summed E-state index contributed by atoms with van der Waals surface area (Å²) in [5, 5.41) is 7.67. The topological polar surface area (TPSA) is 25.8 Å². The Bertz CT molecular complexity index is 1790. The molecule has 2 heteroatoms. The molecule has 158 valence electrons. The average Bonchev–Trinajstić information content (AvgIpc) is 2.92. The molecule has 0 saturated heterocycles. The smallest absolute Gasteiger partial charge is 0.0708 e. The van der Waals surface area contributed by atoms with Crippen molar-refractivity contribution in [3.05, 3.63) is 122 Å². The van der Waals surface area contributed by atoms with Crippen LogP contribution in [0.15, 0.2) is 122 Å². The molecule has 0 spiro atoms. The van der Waals surface area contributed by atoms with Gasteiger partial charge in [0.1, 0.15) is 0 Å². The summed E-state index contributed by atoms with van der Waals surface area (Å²) in [6.07, 6.45) is 5.59. The normalized spacial score (nSPS) is 11.5. The molecule has 0 amide bonds. The van der Waals surface area contributed by atoms with Crippen LogP contribution in [0.3, 0.4) is 0 Å². The highest BCUT2D eigenvalue weighted by Gasteiger charge is 2.15. The molecular weight excluding hydrogens is 412 g/mol. The van der Waals surface area contributed by atoms with E-state index in [0.717, 1.165) is 11.3 Å². The van der Waals surface area contributed by atoms with E-state index in [4.69, 9.17) is 0 Å². The third-order valence-corrected chi connectivity index (χ3v) is 6.77. The van der Waals surface area contributed by atoms with Crippen molar-refractivity contribution in [3.63, 3.8) is 0 Å². The highest BCUT2D eigenvalue weighted by atomic mass is 14.7. The van der Waals surface area contributed by atoms with E-state index in [1.54, 1.807) is 0 Å². The zero-order valence-electron chi connectivity index (χ0n) is 18.4. The van der Waals surface area contributed by atoms with Gasteiger partial charge in [-0.3, -0.25) is 9.97 Å². The molecule has 0 unspecified atom stereocenters. The molecule has 2 nitrogen and oxygen atoms in total. The van der Waals surface area contributed by atoms with Gasteiger partial charge in [-0.05, 0) is 73.3 Å². The summed E-state index contributed by atoms with van der Waals surface area (Å²) >= 11 is 0. The number of hydrogen-bond donors (Lipinski definition) is 0. The van der Waals surface area contributed by atoms with Crippen LogP contribution in [-0.2, 0) is 0 Å². The minimum atomic E-state index is 1.00. The number of rotatable bonds is 3. The van der Waals surface area contributed by atoms with Crippen molar-refractivity contribution >= 4 is 32.3 Å². The molecule has 0 radical (unpaired) electrons. The van der Waals surface area contributed by atoms with Gasteiger partial charge in [0.2, 0.25) is 0 Å². The van der Waals surface area contributed by atoms with Crippen LogP contribution in [0.4, 0.5) is 0 Å². The van der Waals surface area contributed by atoms with Gasteiger partial charge in [0.15, 0.2) is 0 Å². The number of pyridine rings is 2. The van der Waals surface area contributed by atoms with Crippen LogP contribution in [0, 0.1) is 0 Å². The summed E-state index contributed by atoms with van der Waals surface area (Å²) in [4.78, 5) is 8.93. The Morgan fingerprint density at radius 3 is 1.91 bits per heavy atom. The molecule has 0 N–H and O–H groups in total. The second kappa shape index (κ2) is 7.50. The highest BCUT2D eigenvalue weighted by molar-refractivity contribution is 6.27. The first-order valence-corrected chi connectivity index (χ1v) is 11.5. The molecule has 0 aliphatic rings. The third kappa shape index (κ3) is 2.89. The Kier molecular flexibility index (Phi) is 4.18. The van der Waals surface area contributed by atoms with Gasteiger partial charge in [0.05, 0.1) is 5.69 Å². The fourth-order valence-electron chi connectivity index (χ4n) is 5.20. The lowest BCUT2D eigenvalue weighted by molar-refractivity contribution is 1.33. The first kappa shape index (κ1) is 19.0. The van der Waals surface area contributed by atoms with Gasteiger partial charge < -0.3 is 0 Å². The second-order valence-corrected chi connectivity index (χ2v) is 8.69. The fourth-order valence-corrected chi connectivity index (χ4v) is 5.20. The molecule has 0 aliphatic heterocycles. The summed E-state index contributed by atoms with van der Waals surface area (Å²) in [5.41, 5.74) is 6.94. The van der Waals surface area contributed by atoms with E-state index in [2.05, 4.69) is 94.9 Å². The van der Waals surface area contributed by atoms with Crippen molar-refractivity contribution in [1.29, 1.82) is 0 Å². The molecule has 7 rings (SSSR count). The molecule has 0 fully saturated rings. The maximum Gasteiger partial charge on any atom is 0.0708 e. The van der Waals surface area contributed by atoms with Crippen molar-refractivity contribution in [2.24, 2.45) is 0 Å². The van der Waals surface area contributed by atoms with E-state index in [-0.39, 0.29) is 0 Å². The molecule has 0 aliphatic carbocycles. The standard InChI is InChI=1S/C32H20N2/c1-2-18-34-30(8-1)27-14-12-22-10-9-21-11-13-26(28-15-16-29(27)32(22)31(21)28)24-6-3-5-23(19-24)25-7-4-17-33-20-25/h1-20H. The minimum absolute atomic E-state index is 1.00. The van der Waals surface area contributed by atoms with Gasteiger partial charge in [-0.2, -0.15) is 0 Å². The Balaban J connectivity index is 1.51. The van der Waals surface area contributed by atoms with E-state index in [1.165, 1.54) is 54.6 Å². The van der Waals surface area contributed by atoms with E-state index >= 15 is 0 Å². The molecule has 2 heterocycles. The number of hydrogen-bond acceptors (Lipinski definition) is 2. The Hall–Kier alpha value is -4.56. The second-order valence-electron chi connectivity index (χ2n) is 8.69. The molecule has 34 heavy (non-hydrogen) atoms. The molecule has 5 aromatic carbocycles. The summed E-state index contributed by atoms with van der Waals surface area (Å²) in [7, 11) is 0. The minimum Gasteiger partial charge on any atom is -0.264 e.